The second kappa shape index (κ2) is 5.26. The van der Waals surface area contributed by atoms with Crippen LogP contribution in [0, 0.1) is 10.1 Å². The third-order valence-corrected chi connectivity index (χ3v) is 4.78. The zero-order valence-corrected chi connectivity index (χ0v) is 12.0. The van der Waals surface area contributed by atoms with Crippen LogP contribution >= 0.6 is 0 Å². The number of carbonyl (C=O) groups is 1. The number of nitro benzene ring substituents is 1. The average molecular weight is 311 g/mol. The number of carbonyl (C=O) groups excluding carboxylic acids is 1. The van der Waals surface area contributed by atoms with Gasteiger partial charge in [-0.25, -0.2) is 12.7 Å². The summed E-state index contributed by atoms with van der Waals surface area (Å²) in [6.45, 7) is 3.88. The molecule has 0 aliphatic carbocycles. The molecule has 2 rings (SSSR count). The minimum absolute atomic E-state index is 0.162. The Morgan fingerprint density at radius 1 is 1.48 bits per heavy atom. The highest BCUT2D eigenvalue weighted by Gasteiger charge is 2.42. The largest absolute Gasteiger partial charge is 0.316 e. The molecule has 1 heterocycles. The second-order valence-corrected chi connectivity index (χ2v) is 6.37. The number of nitro groups is 1. The summed E-state index contributed by atoms with van der Waals surface area (Å²) >= 11 is 0. The number of nitrogens with one attached hydrogen (secondary N) is 1. The monoisotopic (exact) mass is 311 g/mol. The van der Waals surface area contributed by atoms with Crippen molar-refractivity contribution in [1.82, 2.24) is 9.62 Å². The van der Waals surface area contributed by atoms with Gasteiger partial charge in [0.15, 0.2) is 0 Å². The molecule has 1 aromatic rings. The molecule has 0 fully saturated rings. The van der Waals surface area contributed by atoms with Gasteiger partial charge in [-0.3, -0.25) is 14.9 Å². The minimum Gasteiger partial charge on any atom is -0.316 e. The Bertz CT molecular complexity index is 741. The number of rotatable bonds is 5. The molecule has 1 N–H and O–H groups in total. The zero-order valence-electron chi connectivity index (χ0n) is 11.2. The summed E-state index contributed by atoms with van der Waals surface area (Å²) in [5, 5.41) is 13.5. The van der Waals surface area contributed by atoms with Gasteiger partial charge in [0.25, 0.3) is 21.6 Å². The Kier molecular flexibility index (Phi) is 3.79. The fraction of sp³-hybridized carbons (Fsp3) is 0.250. The van der Waals surface area contributed by atoms with Gasteiger partial charge in [0, 0.05) is 18.7 Å². The van der Waals surface area contributed by atoms with Crippen LogP contribution in [-0.2, 0) is 10.0 Å². The highest BCUT2D eigenvalue weighted by Crippen LogP contribution is 2.33. The van der Waals surface area contributed by atoms with Crippen LogP contribution in [0.5, 0.6) is 0 Å². The Morgan fingerprint density at radius 3 is 2.71 bits per heavy atom. The van der Waals surface area contributed by atoms with Crippen molar-refractivity contribution in [2.24, 2.45) is 0 Å². The molecule has 1 aliphatic heterocycles. The van der Waals surface area contributed by atoms with Crippen molar-refractivity contribution >= 4 is 21.6 Å². The molecule has 0 spiro atoms. The summed E-state index contributed by atoms with van der Waals surface area (Å²) in [4.78, 5) is 22.0. The van der Waals surface area contributed by atoms with Gasteiger partial charge in [-0.15, -0.1) is 0 Å². The molecule has 112 valence electrons. The third-order valence-electron chi connectivity index (χ3n) is 2.99. The van der Waals surface area contributed by atoms with E-state index < -0.39 is 20.9 Å². The minimum atomic E-state index is -3.98. The fourth-order valence-corrected chi connectivity index (χ4v) is 3.62. The number of hydrogen-bond donors (Lipinski definition) is 1. The summed E-state index contributed by atoms with van der Waals surface area (Å²) in [5.74, 6) is -0.772. The van der Waals surface area contributed by atoms with Crippen molar-refractivity contribution in [2.75, 3.05) is 20.1 Å². The molecule has 8 nitrogen and oxygen atoms in total. The van der Waals surface area contributed by atoms with Crippen LogP contribution in [0.3, 0.4) is 0 Å². The van der Waals surface area contributed by atoms with Crippen molar-refractivity contribution in [3.05, 3.63) is 46.0 Å². The lowest BCUT2D eigenvalue weighted by Gasteiger charge is -2.16. The van der Waals surface area contributed by atoms with E-state index in [2.05, 4.69) is 11.9 Å². The van der Waals surface area contributed by atoms with Crippen LogP contribution in [0.15, 0.2) is 35.2 Å². The lowest BCUT2D eigenvalue weighted by atomic mass is 10.2. The Balaban J connectivity index is 2.44. The normalized spacial score (nSPS) is 15.9. The summed E-state index contributed by atoms with van der Waals surface area (Å²) < 4.78 is 25.3. The van der Waals surface area contributed by atoms with E-state index in [0.29, 0.717) is 16.4 Å². The number of sulfonamides is 1. The van der Waals surface area contributed by atoms with Crippen molar-refractivity contribution < 1.29 is 18.1 Å². The molecule has 0 radical (unpaired) electrons. The van der Waals surface area contributed by atoms with E-state index in [9.17, 15) is 23.3 Å². The van der Waals surface area contributed by atoms with Crippen molar-refractivity contribution in [3.63, 3.8) is 0 Å². The van der Waals surface area contributed by atoms with Gasteiger partial charge in [-0.2, -0.15) is 0 Å². The first kappa shape index (κ1) is 15.1. The molecule has 0 saturated carbocycles. The number of hydrogen-bond acceptors (Lipinski definition) is 6. The first-order valence-electron chi connectivity index (χ1n) is 5.95. The third kappa shape index (κ3) is 2.52. The first-order valence-corrected chi connectivity index (χ1v) is 7.40. The van der Waals surface area contributed by atoms with Crippen LogP contribution in [0.25, 0.3) is 0 Å². The van der Waals surface area contributed by atoms with Crippen LogP contribution in [0.2, 0.25) is 0 Å². The van der Waals surface area contributed by atoms with Gasteiger partial charge in [0.05, 0.1) is 17.0 Å². The van der Waals surface area contributed by atoms with E-state index in [1.165, 1.54) is 0 Å². The predicted octanol–water partition coefficient (Wildman–Crippen LogP) is 0.515. The maximum absolute atomic E-state index is 12.3. The smallest absolute Gasteiger partial charge is 0.270 e. The van der Waals surface area contributed by atoms with E-state index in [1.807, 2.05) is 0 Å². The quantitative estimate of drug-likeness (QED) is 0.482. The van der Waals surface area contributed by atoms with E-state index in [0.717, 1.165) is 18.2 Å². The van der Waals surface area contributed by atoms with Gasteiger partial charge in [0.2, 0.25) is 0 Å². The molecule has 0 atom stereocenters. The molecule has 0 aromatic heterocycles. The SMILES string of the molecule is C=C(CNC)CN1C(=O)c2cc([N+](=O)[O-])ccc2S1(=O)=O. The molecule has 0 bridgehead atoms. The molecule has 9 heteroatoms. The molecule has 1 aliphatic rings. The molecule has 0 unspecified atom stereocenters. The van der Waals surface area contributed by atoms with Gasteiger partial charge in [0.1, 0.15) is 4.90 Å². The highest BCUT2D eigenvalue weighted by atomic mass is 32.2. The van der Waals surface area contributed by atoms with Gasteiger partial charge < -0.3 is 5.32 Å². The lowest BCUT2D eigenvalue weighted by molar-refractivity contribution is -0.384. The van der Waals surface area contributed by atoms with Crippen LogP contribution in [-0.4, -0.2) is 43.7 Å². The first-order chi connectivity index (χ1) is 9.78. The van der Waals surface area contributed by atoms with E-state index in [4.69, 9.17) is 0 Å². The number of fused-ring (bicyclic) bond motifs is 1. The number of likely N-dealkylation sites (N-methyl/N-ethyl adjacent to an activating group) is 1. The van der Waals surface area contributed by atoms with Crippen molar-refractivity contribution in [1.29, 1.82) is 0 Å². The van der Waals surface area contributed by atoms with Gasteiger partial charge in [-0.1, -0.05) is 6.58 Å². The van der Waals surface area contributed by atoms with Gasteiger partial charge >= 0.3 is 0 Å². The topological polar surface area (TPSA) is 110 Å². The average Bonchev–Trinajstić information content (AvgIpc) is 2.60. The summed E-state index contributed by atoms with van der Waals surface area (Å²) in [6, 6.07) is 3.13. The maximum atomic E-state index is 12.3. The number of nitrogens with zero attached hydrogens (tertiary/aromatic N) is 2. The zero-order chi connectivity index (χ0) is 15.8. The molecule has 0 saturated heterocycles. The van der Waals surface area contributed by atoms with Crippen molar-refractivity contribution in [2.45, 2.75) is 4.90 Å². The van der Waals surface area contributed by atoms with Crippen molar-refractivity contribution in [3.8, 4) is 0 Å². The molecule has 1 amide bonds. The highest BCUT2D eigenvalue weighted by molar-refractivity contribution is 7.90. The standard InChI is InChI=1S/C12H13N3O5S/c1-8(6-13-2)7-14-12(16)10-5-9(15(17)18)3-4-11(10)21(14,19)20/h3-5,13H,1,6-7H2,2H3. The van der Waals surface area contributed by atoms with Crippen LogP contribution in [0.1, 0.15) is 10.4 Å². The Labute approximate surface area is 121 Å². The molecular formula is C12H13N3O5S. The molecule has 21 heavy (non-hydrogen) atoms. The molecular weight excluding hydrogens is 298 g/mol. The van der Waals surface area contributed by atoms with Gasteiger partial charge in [-0.05, 0) is 18.7 Å². The van der Waals surface area contributed by atoms with E-state index in [1.54, 1.807) is 7.05 Å². The summed E-state index contributed by atoms with van der Waals surface area (Å²) in [5.41, 5.74) is 0.00592. The maximum Gasteiger partial charge on any atom is 0.270 e. The van der Waals surface area contributed by atoms with E-state index >= 15 is 0 Å². The Morgan fingerprint density at radius 2 is 2.14 bits per heavy atom. The number of amides is 1. The number of benzene rings is 1. The second-order valence-electron chi connectivity index (χ2n) is 4.53. The van der Waals surface area contributed by atoms with E-state index in [-0.39, 0.29) is 22.7 Å². The summed E-state index contributed by atoms with van der Waals surface area (Å²) in [6.07, 6.45) is 0. The van der Waals surface area contributed by atoms with Crippen LogP contribution < -0.4 is 5.32 Å². The summed E-state index contributed by atoms with van der Waals surface area (Å²) in [7, 11) is -2.31. The number of non-ortho nitro benzene ring substituents is 1. The molecule has 1 aromatic carbocycles. The predicted molar refractivity (Wildman–Crippen MR) is 74.4 cm³/mol. The lowest BCUT2D eigenvalue weighted by Crippen LogP contribution is -2.33. The van der Waals surface area contributed by atoms with Crippen LogP contribution in [0.4, 0.5) is 5.69 Å². The fourth-order valence-electron chi connectivity index (χ4n) is 2.05. The Hall–Kier alpha value is -2.26.